The van der Waals surface area contributed by atoms with E-state index in [1.165, 1.54) is 22.3 Å². The molecule has 0 radical (unpaired) electrons. The Morgan fingerprint density at radius 1 is 0.420 bits per heavy atom. The number of aryl methyl sites for hydroxylation is 1. The first kappa shape index (κ1) is 96.6. The summed E-state index contributed by atoms with van der Waals surface area (Å²) in [5.41, 5.74) is 53.0. The molecule has 24 N–H and O–H groups in total. The third-order valence-corrected chi connectivity index (χ3v) is 22.2. The number of nitriles is 2. The summed E-state index contributed by atoms with van der Waals surface area (Å²) in [4.78, 5) is 87.7. The van der Waals surface area contributed by atoms with Crippen molar-refractivity contribution in [2.45, 2.75) is 71.5 Å². The molecule has 6 amide bonds. The van der Waals surface area contributed by atoms with Crippen LogP contribution in [0.4, 0.5) is 68.2 Å². The lowest BCUT2D eigenvalue weighted by Gasteiger charge is -2.25. The number of fused-ring (bicyclic) bond motifs is 8. The zero-order valence-electron chi connectivity index (χ0n) is 76.4. The minimum atomic E-state index is -0.697. The number of ether oxygens (including phenoxy) is 3. The maximum Gasteiger partial charge on any atom is 0.271 e. The third-order valence-electron chi connectivity index (χ3n) is 22.2. The first-order chi connectivity index (χ1) is 69.3. The number of hydrogen-bond donors (Lipinski definition) is 18. The Bertz CT molecular complexity index is 8250. The van der Waals surface area contributed by atoms with E-state index >= 15 is 0 Å². The van der Waals surface area contributed by atoms with Crippen LogP contribution in [0.15, 0.2) is 200 Å². The second-order valence-corrected chi connectivity index (χ2v) is 31.6. The number of benzene rings is 6. The fraction of sp³-hybridized carbons (Fsp3) is 0.118. The van der Waals surface area contributed by atoms with Crippen LogP contribution in [-0.2, 0) is 25.7 Å². The molecule has 708 valence electrons. The summed E-state index contributed by atoms with van der Waals surface area (Å²) in [6.07, 6.45) is 37.4. The molecule has 41 heteroatoms. The number of aromatic amines is 6. The van der Waals surface area contributed by atoms with Crippen molar-refractivity contribution in [3.8, 4) is 78.8 Å². The summed E-state index contributed by atoms with van der Waals surface area (Å²) in [6, 6.07) is 52.1. The quantitative estimate of drug-likeness (QED) is 0.0213. The van der Waals surface area contributed by atoms with Gasteiger partial charge in [-0.3, -0.25) is 28.8 Å². The van der Waals surface area contributed by atoms with E-state index in [2.05, 4.69) is 165 Å². The Hall–Kier alpha value is -21.0. The minimum absolute atomic E-state index is 0.0187. The van der Waals surface area contributed by atoms with Crippen LogP contribution in [0.2, 0.25) is 0 Å². The molecule has 12 heterocycles. The molecule has 0 bridgehead atoms. The lowest BCUT2D eigenvalue weighted by Crippen LogP contribution is -2.18. The van der Waals surface area contributed by atoms with Gasteiger partial charge in [0.2, 0.25) is 0 Å². The van der Waals surface area contributed by atoms with Crippen molar-refractivity contribution in [3.63, 3.8) is 0 Å². The molecule has 0 fully saturated rings. The molecular formula is C102H86N32O9. The van der Waals surface area contributed by atoms with Crippen LogP contribution in [0.5, 0.6) is 17.2 Å². The molecule has 143 heavy (non-hydrogen) atoms. The van der Waals surface area contributed by atoms with Gasteiger partial charge in [-0.25, -0.2) is 0 Å². The minimum Gasteiger partial charge on any atom is -0.481 e. The molecule has 2 aliphatic rings. The Labute approximate surface area is 813 Å². The van der Waals surface area contributed by atoms with Gasteiger partial charge in [0.05, 0.1) is 45.9 Å². The van der Waals surface area contributed by atoms with Crippen LogP contribution in [0.25, 0.3) is 72.3 Å². The molecule has 0 aliphatic heterocycles. The number of primary amides is 6. The number of allylic oxidation sites excluding steroid dienone is 1. The largest absolute Gasteiger partial charge is 0.481 e. The standard InChI is InChI=1S/C19H15N5O.C17H16N6O.C17H15N5O2.C17H13N5O.C16H14N6O2.C16H13N5O2/c1-2-3-11-8-12-4-5-14(10-13(12)9-11)22-16-15-6-7-21-19(15)24-23-17(16)18(20)25;1-10-4-2-6-13(11(10)5-3-8-18)21-14-12-7-9-20-17(12)23-22-15(14)16(19)24;1-3-10(2)24-12-6-4-11(5-7-12)20-14-13-8-9-19-17(13)22-21-15(14)16(18)23;1-2-9-3-6-13(11-5-4-10(9)11)20-14-12-7-8-19-17(12)22-21-15(14)16(18)23;1-9(8-17)24-12-5-3-2-4-11(12)20-13-10-6-7-19-16(10)22-21-14(13)15(18)23;1-2-9-23-11-5-3-10(4-6-11)19-13-12-7-8-18-16(12)21-20-14(13)15(17)22/h1,4-7,9-10H,3,8H2,(H2,20,25)(H2,21,22,24);2,4,6-7,9H,3,5H2,1H3,(H2,19,24)(H2,20,21,23);1,4-10H,2H3,(H2,18,23)(H2,19,20,22);1,3,6-8H,4-5H2,(H2,18,23)(H2,19,20,22);2-7,9H,1H3,(H2,18,23)(H2,19,20,22);1,3-8H,9H2,(H2,17,22)(H2,18,19,21). The molecule has 18 aromatic rings. The number of nitrogens with zero attached hydrogens (tertiary/aromatic N) is 14. The van der Waals surface area contributed by atoms with E-state index in [-0.39, 0.29) is 46.9 Å². The van der Waals surface area contributed by atoms with E-state index < -0.39 is 41.5 Å². The molecule has 0 spiro atoms. The summed E-state index contributed by atoms with van der Waals surface area (Å²) in [5.74, 6) is 8.15. The average Bonchev–Trinajstić information content (AvgIpc) is 1.77. The molecule has 0 saturated carbocycles. The van der Waals surface area contributed by atoms with Crippen LogP contribution in [0, 0.1) is 79.0 Å². The van der Waals surface area contributed by atoms with Gasteiger partial charge in [0.1, 0.15) is 29.9 Å². The molecule has 0 saturated heterocycles. The molecule has 2 aliphatic carbocycles. The number of nitrogens with one attached hydrogen (secondary N) is 12. The molecule has 20 rings (SSSR count). The number of amides is 6. The second-order valence-electron chi connectivity index (χ2n) is 31.6. The highest BCUT2D eigenvalue weighted by molar-refractivity contribution is 6.11. The predicted molar refractivity (Wildman–Crippen MR) is 541 cm³/mol. The third kappa shape index (κ3) is 22.2. The smallest absolute Gasteiger partial charge is 0.271 e. The topological polar surface area (TPSA) is 655 Å². The van der Waals surface area contributed by atoms with Crippen molar-refractivity contribution in [3.05, 3.63) is 274 Å². The number of carbonyl (C=O) groups excluding carboxylic acids is 6. The Kier molecular flexibility index (Phi) is 29.7. The molecule has 6 aromatic carbocycles. The summed E-state index contributed by atoms with van der Waals surface area (Å²) < 4.78 is 16.4. The lowest BCUT2D eigenvalue weighted by molar-refractivity contribution is 0.0987. The van der Waals surface area contributed by atoms with Crippen LogP contribution in [-0.4, -0.2) is 145 Å². The zero-order chi connectivity index (χ0) is 101. The van der Waals surface area contributed by atoms with Gasteiger partial charge in [-0.2, -0.15) is 10.5 Å². The van der Waals surface area contributed by atoms with Crippen LogP contribution in [0.3, 0.4) is 0 Å². The molecule has 2 atom stereocenters. The highest BCUT2D eigenvalue weighted by Crippen LogP contribution is 2.41. The van der Waals surface area contributed by atoms with E-state index in [0.717, 1.165) is 96.9 Å². The Morgan fingerprint density at radius 3 is 1.22 bits per heavy atom. The van der Waals surface area contributed by atoms with E-state index in [1.54, 1.807) is 130 Å². The van der Waals surface area contributed by atoms with Gasteiger partial charge in [-0.05, 0) is 207 Å². The molecule has 12 aromatic heterocycles. The van der Waals surface area contributed by atoms with E-state index in [1.807, 2.05) is 85.8 Å². The van der Waals surface area contributed by atoms with Crippen LogP contribution in [0.1, 0.15) is 129 Å². The fourth-order valence-electron chi connectivity index (χ4n) is 15.3. The number of hydrogen-bond acceptors (Lipinski definition) is 29. The second kappa shape index (κ2) is 44.0. The highest BCUT2D eigenvalue weighted by atomic mass is 16.5. The fourth-order valence-corrected chi connectivity index (χ4v) is 15.3. The highest BCUT2D eigenvalue weighted by Gasteiger charge is 2.27. The normalized spacial score (nSPS) is 11.5. The Balaban J connectivity index is 0.000000129. The van der Waals surface area contributed by atoms with E-state index in [0.29, 0.717) is 116 Å². The summed E-state index contributed by atoms with van der Waals surface area (Å²) >= 11 is 0. The number of carbonyl (C=O) groups is 6. The summed E-state index contributed by atoms with van der Waals surface area (Å²) in [7, 11) is 0. The number of para-hydroxylation sites is 2. The molecule has 2 unspecified atom stereocenters. The Morgan fingerprint density at radius 2 is 0.818 bits per heavy atom. The van der Waals surface area contributed by atoms with Gasteiger partial charge >= 0.3 is 0 Å². The van der Waals surface area contributed by atoms with Gasteiger partial charge in [0, 0.05) is 116 Å². The van der Waals surface area contributed by atoms with Crippen molar-refractivity contribution >= 4 is 176 Å². The van der Waals surface area contributed by atoms with Crippen LogP contribution >= 0.6 is 0 Å². The first-order valence-corrected chi connectivity index (χ1v) is 43.6. The van der Waals surface area contributed by atoms with Crippen molar-refractivity contribution in [2.24, 2.45) is 34.4 Å². The number of rotatable bonds is 27. The van der Waals surface area contributed by atoms with Crippen molar-refractivity contribution in [1.82, 2.24) is 91.1 Å². The SMILES string of the molecule is C#CC(C)Oc1ccc(Nc2c(C(N)=O)nnc3[nH]ccc23)cc1.C#CCC1=Cc2cc(Nc3c(C(N)=O)nnc4[nH]ccc34)ccc2C1.C#CCOc1ccc(Nc2c(C(N)=O)nnc3[nH]ccc23)cc1.C#Cc1ccc(Nc2c(C(N)=O)nnc3[nH]ccc23)c2c1CC2.CC(C#N)Oc1ccccc1Nc1c(C(N)=O)nnc2[nH]ccc12.Cc1cccc(Nc2c(C(N)=O)nnc3[nH]ccc23)c1CCC#N. The van der Waals surface area contributed by atoms with Gasteiger partial charge in [0.15, 0.2) is 80.3 Å². The zero-order valence-corrected chi connectivity index (χ0v) is 76.4. The molecular weight excluding hydrogens is 1820 g/mol. The maximum atomic E-state index is 11.7. The number of aromatic nitrogens is 18. The predicted octanol–water partition coefficient (Wildman–Crippen LogP) is 13.3. The van der Waals surface area contributed by atoms with Crippen molar-refractivity contribution in [1.29, 1.82) is 10.5 Å². The number of anilines is 12. The summed E-state index contributed by atoms with van der Waals surface area (Å²) in [5, 5.41) is 88.5. The van der Waals surface area contributed by atoms with Gasteiger partial charge in [-0.15, -0.1) is 92.8 Å². The van der Waals surface area contributed by atoms with E-state index in [9.17, 15) is 28.8 Å². The van der Waals surface area contributed by atoms with Crippen molar-refractivity contribution < 1.29 is 43.0 Å². The number of H-pyrrole nitrogens is 6. The van der Waals surface area contributed by atoms with Gasteiger partial charge < -0.3 is 110 Å². The monoisotopic (exact) mass is 1900 g/mol. The lowest BCUT2D eigenvalue weighted by atomic mass is 9.83. The van der Waals surface area contributed by atoms with Gasteiger partial charge in [0.25, 0.3) is 35.4 Å². The van der Waals surface area contributed by atoms with Gasteiger partial charge in [-0.1, -0.05) is 59.7 Å². The summed E-state index contributed by atoms with van der Waals surface area (Å²) in [6.45, 7) is 5.63. The first-order valence-electron chi connectivity index (χ1n) is 43.6. The number of nitrogens with two attached hydrogens (primary N) is 6. The average molecular weight is 1900 g/mol. The van der Waals surface area contributed by atoms with E-state index in [4.69, 9.17) is 84.8 Å². The van der Waals surface area contributed by atoms with Crippen molar-refractivity contribution in [2.75, 3.05) is 38.5 Å². The molecule has 41 nitrogen and oxygen atoms in total. The number of terminal acetylenes is 4. The maximum absolute atomic E-state index is 11.7. The van der Waals surface area contributed by atoms with Crippen LogP contribution < -0.4 is 80.5 Å².